The van der Waals surface area contributed by atoms with Gasteiger partial charge >= 0.3 is 0 Å². The van der Waals surface area contributed by atoms with Crippen LogP contribution in [0.15, 0.2) is 30.3 Å². The van der Waals surface area contributed by atoms with E-state index in [1.165, 1.54) is 18.4 Å². The average Bonchev–Trinajstić information content (AvgIpc) is 3.27. The van der Waals surface area contributed by atoms with Gasteiger partial charge in [-0.2, -0.15) is 0 Å². The number of likely N-dealkylation sites (N-methyl/N-ethyl adjacent to an activating group) is 1. The van der Waals surface area contributed by atoms with Crippen LogP contribution < -0.4 is 5.73 Å². The molecule has 1 aromatic rings. The number of benzene rings is 1. The topological polar surface area (TPSA) is 38.5 Å². The number of hydrogen-bond donors (Lipinski definition) is 1. The largest absolute Gasteiger partial charge is 0.380 e. The third-order valence-corrected chi connectivity index (χ3v) is 4.04. The fourth-order valence-corrected chi connectivity index (χ4v) is 2.17. The fourth-order valence-electron chi connectivity index (χ4n) is 2.17. The molecular weight excluding hydrogens is 236 g/mol. The summed E-state index contributed by atoms with van der Waals surface area (Å²) in [5.74, 6) is 0.842. The van der Waals surface area contributed by atoms with E-state index in [-0.39, 0.29) is 6.04 Å². The Kier molecular flexibility index (Phi) is 5.37. The van der Waals surface area contributed by atoms with Gasteiger partial charge in [0.2, 0.25) is 0 Å². The molecule has 1 aliphatic carbocycles. The van der Waals surface area contributed by atoms with E-state index in [9.17, 15) is 0 Å². The van der Waals surface area contributed by atoms with Crippen LogP contribution in [-0.2, 0) is 4.74 Å². The van der Waals surface area contributed by atoms with E-state index in [0.717, 1.165) is 25.7 Å². The van der Waals surface area contributed by atoms with E-state index in [1.807, 2.05) is 18.2 Å². The van der Waals surface area contributed by atoms with Gasteiger partial charge in [-0.15, -0.1) is 0 Å². The fraction of sp³-hybridized carbons (Fsp3) is 0.625. The first kappa shape index (κ1) is 14.5. The molecule has 0 saturated heterocycles. The number of nitrogens with two attached hydrogens (primary N) is 1. The Hall–Kier alpha value is -0.900. The molecule has 1 aliphatic rings. The molecule has 0 spiro atoms. The third kappa shape index (κ3) is 4.60. The van der Waals surface area contributed by atoms with Crippen LogP contribution in [0, 0.1) is 5.92 Å². The van der Waals surface area contributed by atoms with Crippen molar-refractivity contribution in [2.45, 2.75) is 31.8 Å². The van der Waals surface area contributed by atoms with Crippen molar-refractivity contribution in [1.82, 2.24) is 4.90 Å². The van der Waals surface area contributed by atoms with Gasteiger partial charge in [0, 0.05) is 25.2 Å². The highest BCUT2D eigenvalue weighted by Gasteiger charge is 2.22. The molecule has 0 amide bonds. The molecular formula is C16H26N2O. The van der Waals surface area contributed by atoms with Crippen molar-refractivity contribution in [1.29, 1.82) is 0 Å². The summed E-state index contributed by atoms with van der Waals surface area (Å²) in [6, 6.07) is 10.7. The van der Waals surface area contributed by atoms with E-state index in [0.29, 0.717) is 6.04 Å². The Morgan fingerprint density at radius 2 is 2.00 bits per heavy atom. The van der Waals surface area contributed by atoms with E-state index in [1.54, 1.807) is 0 Å². The molecule has 3 nitrogen and oxygen atoms in total. The molecule has 0 heterocycles. The lowest BCUT2D eigenvalue weighted by atomic mass is 10.0. The summed E-state index contributed by atoms with van der Waals surface area (Å²) in [5, 5.41) is 0. The molecule has 106 valence electrons. The van der Waals surface area contributed by atoms with E-state index < -0.39 is 0 Å². The van der Waals surface area contributed by atoms with Gasteiger partial charge in [0.05, 0.1) is 6.61 Å². The molecule has 2 atom stereocenters. The Morgan fingerprint density at radius 3 is 2.63 bits per heavy atom. The molecule has 1 aromatic carbocycles. The molecule has 2 rings (SSSR count). The van der Waals surface area contributed by atoms with Gasteiger partial charge in [-0.3, -0.25) is 4.90 Å². The first-order valence-corrected chi connectivity index (χ1v) is 7.27. The van der Waals surface area contributed by atoms with Crippen molar-refractivity contribution in [2.75, 3.05) is 26.8 Å². The minimum absolute atomic E-state index is 0.0506. The van der Waals surface area contributed by atoms with Crippen LogP contribution in [0.2, 0.25) is 0 Å². The van der Waals surface area contributed by atoms with Gasteiger partial charge in [0.1, 0.15) is 0 Å². The first-order chi connectivity index (χ1) is 9.18. The smallest absolute Gasteiger partial charge is 0.0593 e. The summed E-state index contributed by atoms with van der Waals surface area (Å²) >= 11 is 0. The quantitative estimate of drug-likeness (QED) is 0.731. The summed E-state index contributed by atoms with van der Waals surface area (Å²) < 4.78 is 5.68. The lowest BCUT2D eigenvalue weighted by Crippen LogP contribution is -2.40. The van der Waals surface area contributed by atoms with Crippen molar-refractivity contribution < 1.29 is 4.74 Å². The molecule has 1 saturated carbocycles. The number of nitrogens with zero attached hydrogens (tertiary/aromatic N) is 1. The molecule has 19 heavy (non-hydrogen) atoms. The van der Waals surface area contributed by atoms with Gasteiger partial charge in [-0.25, -0.2) is 0 Å². The van der Waals surface area contributed by atoms with Gasteiger partial charge < -0.3 is 10.5 Å². The maximum absolute atomic E-state index is 6.32. The van der Waals surface area contributed by atoms with Crippen molar-refractivity contribution in [3.05, 3.63) is 35.9 Å². The second-order valence-electron chi connectivity index (χ2n) is 5.68. The van der Waals surface area contributed by atoms with Gasteiger partial charge in [-0.05, 0) is 38.3 Å². The van der Waals surface area contributed by atoms with Crippen LogP contribution in [0.4, 0.5) is 0 Å². The summed E-state index contributed by atoms with van der Waals surface area (Å²) in [7, 11) is 2.12. The van der Waals surface area contributed by atoms with E-state index in [4.69, 9.17) is 10.5 Å². The highest BCUT2D eigenvalue weighted by atomic mass is 16.5. The zero-order valence-electron chi connectivity index (χ0n) is 12.1. The number of ether oxygens (including phenoxy) is 1. The first-order valence-electron chi connectivity index (χ1n) is 7.27. The third-order valence-electron chi connectivity index (χ3n) is 4.04. The normalized spacial score (nSPS) is 18.5. The predicted molar refractivity (Wildman–Crippen MR) is 79.0 cm³/mol. The Bertz CT molecular complexity index is 364. The van der Waals surface area contributed by atoms with Gasteiger partial charge in [0.15, 0.2) is 0 Å². The minimum Gasteiger partial charge on any atom is -0.380 e. The monoisotopic (exact) mass is 262 g/mol. The van der Waals surface area contributed by atoms with Crippen LogP contribution in [0.25, 0.3) is 0 Å². The van der Waals surface area contributed by atoms with Crippen LogP contribution >= 0.6 is 0 Å². The summed E-state index contributed by atoms with van der Waals surface area (Å²) in [4.78, 5) is 2.28. The Balaban J connectivity index is 1.72. The molecule has 1 fully saturated rings. The summed E-state index contributed by atoms with van der Waals surface area (Å²) in [5.41, 5.74) is 7.51. The number of rotatable bonds is 8. The van der Waals surface area contributed by atoms with Gasteiger partial charge in [-0.1, -0.05) is 30.3 Å². The standard InChI is InChI=1S/C16H26N2O/c1-13(16(17)15-6-4-3-5-7-15)18(2)10-11-19-12-14-8-9-14/h3-7,13-14,16H,8-12,17H2,1-2H3. The van der Waals surface area contributed by atoms with Crippen molar-refractivity contribution in [3.63, 3.8) is 0 Å². The maximum Gasteiger partial charge on any atom is 0.0593 e. The van der Waals surface area contributed by atoms with Crippen LogP contribution in [0.3, 0.4) is 0 Å². The van der Waals surface area contributed by atoms with E-state index in [2.05, 4.69) is 31.0 Å². The van der Waals surface area contributed by atoms with Gasteiger partial charge in [0.25, 0.3) is 0 Å². The molecule has 0 radical (unpaired) electrons. The molecule has 3 heteroatoms. The lowest BCUT2D eigenvalue weighted by molar-refractivity contribution is 0.0896. The molecule has 0 aliphatic heterocycles. The maximum atomic E-state index is 6.32. The molecule has 0 aromatic heterocycles. The SMILES string of the molecule is CC(C(N)c1ccccc1)N(C)CCOCC1CC1. The predicted octanol–water partition coefficient (Wildman–Crippen LogP) is 2.43. The summed E-state index contributed by atoms with van der Waals surface area (Å²) in [6.45, 7) is 4.86. The average molecular weight is 262 g/mol. The van der Waals surface area contributed by atoms with Crippen LogP contribution in [0.5, 0.6) is 0 Å². The van der Waals surface area contributed by atoms with Crippen molar-refractivity contribution in [3.8, 4) is 0 Å². The molecule has 2 N–H and O–H groups in total. The Labute approximate surface area is 116 Å². The van der Waals surface area contributed by atoms with E-state index >= 15 is 0 Å². The number of hydrogen-bond acceptors (Lipinski definition) is 3. The second kappa shape index (κ2) is 7.04. The minimum atomic E-state index is 0.0506. The van der Waals surface area contributed by atoms with Crippen LogP contribution in [0.1, 0.15) is 31.4 Å². The zero-order valence-corrected chi connectivity index (χ0v) is 12.1. The molecule has 2 unspecified atom stereocenters. The lowest BCUT2D eigenvalue weighted by Gasteiger charge is -2.29. The zero-order chi connectivity index (χ0) is 13.7. The van der Waals surface area contributed by atoms with Crippen molar-refractivity contribution >= 4 is 0 Å². The second-order valence-corrected chi connectivity index (χ2v) is 5.68. The highest BCUT2D eigenvalue weighted by molar-refractivity contribution is 5.19. The Morgan fingerprint density at radius 1 is 1.32 bits per heavy atom. The highest BCUT2D eigenvalue weighted by Crippen LogP contribution is 2.28. The van der Waals surface area contributed by atoms with Crippen LogP contribution in [-0.4, -0.2) is 37.7 Å². The molecule has 0 bridgehead atoms. The van der Waals surface area contributed by atoms with Crippen molar-refractivity contribution in [2.24, 2.45) is 11.7 Å². The summed E-state index contributed by atoms with van der Waals surface area (Å²) in [6.07, 6.45) is 2.70.